The van der Waals surface area contributed by atoms with Crippen LogP contribution in [0.5, 0.6) is 5.75 Å². The van der Waals surface area contributed by atoms with Gasteiger partial charge in [-0.25, -0.2) is 0 Å². The van der Waals surface area contributed by atoms with Gasteiger partial charge >= 0.3 is 0 Å². The Hall–Kier alpha value is -2.08. The number of benzene rings is 2. The third kappa shape index (κ3) is 5.75. The van der Waals surface area contributed by atoms with Gasteiger partial charge in [0.2, 0.25) is 0 Å². The van der Waals surface area contributed by atoms with Crippen LogP contribution in [0.4, 0.5) is 0 Å². The van der Waals surface area contributed by atoms with E-state index in [4.69, 9.17) is 16.3 Å². The SMILES string of the molecule is O=C(C[NH+]1CC[NH+](CCOc2ccc(Cl)cc2)CC1)N[C@@H]1CCCc2ccccc21. The Labute approximate surface area is 184 Å². The number of halogens is 1. The number of ether oxygens (including phenoxy) is 1. The van der Waals surface area contributed by atoms with Crippen molar-refractivity contribution in [1.82, 2.24) is 5.32 Å². The van der Waals surface area contributed by atoms with Crippen LogP contribution in [0.15, 0.2) is 48.5 Å². The first-order valence-corrected chi connectivity index (χ1v) is 11.5. The maximum atomic E-state index is 12.7. The number of rotatable bonds is 7. The summed E-state index contributed by atoms with van der Waals surface area (Å²) in [7, 11) is 0. The molecule has 1 saturated heterocycles. The molecule has 1 aliphatic heterocycles. The number of hydrogen-bond acceptors (Lipinski definition) is 2. The Morgan fingerprint density at radius 3 is 2.57 bits per heavy atom. The van der Waals surface area contributed by atoms with E-state index >= 15 is 0 Å². The lowest BCUT2D eigenvalue weighted by molar-refractivity contribution is -1.01. The second-order valence-electron chi connectivity index (χ2n) is 8.44. The lowest BCUT2D eigenvalue weighted by Crippen LogP contribution is -3.28. The standard InChI is InChI=1S/C24H30ClN3O2/c25-20-8-10-21(11-9-20)30-17-16-27-12-14-28(15-13-27)18-24(29)26-23-7-3-5-19-4-1-2-6-22(19)23/h1-2,4,6,8-11,23H,3,5,7,12-18H2,(H,26,29)/p+2/t23-/m1/s1. The van der Waals surface area contributed by atoms with Crippen molar-refractivity contribution in [2.24, 2.45) is 0 Å². The highest BCUT2D eigenvalue weighted by molar-refractivity contribution is 6.30. The molecule has 1 fully saturated rings. The number of aryl methyl sites for hydroxylation is 1. The third-order valence-electron chi connectivity index (χ3n) is 6.32. The molecule has 160 valence electrons. The van der Waals surface area contributed by atoms with Crippen molar-refractivity contribution in [2.45, 2.75) is 25.3 Å². The molecule has 2 aliphatic rings. The van der Waals surface area contributed by atoms with Crippen molar-refractivity contribution < 1.29 is 19.3 Å². The average molecular weight is 430 g/mol. The van der Waals surface area contributed by atoms with Gasteiger partial charge in [-0.3, -0.25) is 4.79 Å². The molecule has 0 radical (unpaired) electrons. The zero-order valence-corrected chi connectivity index (χ0v) is 18.2. The quantitative estimate of drug-likeness (QED) is 0.606. The van der Waals surface area contributed by atoms with Crippen LogP contribution in [-0.2, 0) is 11.2 Å². The molecular formula is C24H32ClN3O2+2. The number of amides is 1. The molecule has 0 saturated carbocycles. The largest absolute Gasteiger partial charge is 0.488 e. The van der Waals surface area contributed by atoms with E-state index in [1.165, 1.54) is 16.0 Å². The van der Waals surface area contributed by atoms with Crippen molar-refractivity contribution in [3.63, 3.8) is 0 Å². The first-order valence-electron chi connectivity index (χ1n) is 11.1. The molecule has 1 atom stereocenters. The van der Waals surface area contributed by atoms with E-state index in [9.17, 15) is 4.79 Å². The number of fused-ring (bicyclic) bond motifs is 1. The summed E-state index contributed by atoms with van der Waals surface area (Å²) in [5.41, 5.74) is 2.70. The molecule has 6 heteroatoms. The van der Waals surface area contributed by atoms with Gasteiger partial charge in [0.1, 0.15) is 45.1 Å². The highest BCUT2D eigenvalue weighted by Gasteiger charge is 2.27. The molecule has 1 amide bonds. The van der Waals surface area contributed by atoms with Crippen molar-refractivity contribution >= 4 is 17.5 Å². The van der Waals surface area contributed by atoms with E-state index < -0.39 is 0 Å². The summed E-state index contributed by atoms with van der Waals surface area (Å²) in [5.74, 6) is 1.05. The van der Waals surface area contributed by atoms with Gasteiger partial charge in [-0.1, -0.05) is 35.9 Å². The highest BCUT2D eigenvalue weighted by atomic mass is 35.5. The Kier molecular flexibility index (Phi) is 7.26. The third-order valence-corrected chi connectivity index (χ3v) is 6.57. The van der Waals surface area contributed by atoms with Crippen molar-refractivity contribution in [1.29, 1.82) is 0 Å². The summed E-state index contributed by atoms with van der Waals surface area (Å²) >= 11 is 5.90. The molecule has 5 nitrogen and oxygen atoms in total. The fourth-order valence-corrected chi connectivity index (χ4v) is 4.73. The molecule has 30 heavy (non-hydrogen) atoms. The van der Waals surface area contributed by atoms with Gasteiger partial charge in [-0.15, -0.1) is 0 Å². The van der Waals surface area contributed by atoms with Gasteiger partial charge < -0.3 is 19.9 Å². The van der Waals surface area contributed by atoms with Crippen molar-refractivity contribution in [3.8, 4) is 5.75 Å². The van der Waals surface area contributed by atoms with E-state index in [-0.39, 0.29) is 11.9 Å². The molecule has 4 rings (SSSR count). The number of carbonyl (C=O) groups excluding carboxylic acids is 1. The van der Waals surface area contributed by atoms with E-state index in [2.05, 4.69) is 29.6 Å². The van der Waals surface area contributed by atoms with Gasteiger partial charge in [0.25, 0.3) is 5.91 Å². The molecule has 0 spiro atoms. The molecule has 0 unspecified atom stereocenters. The van der Waals surface area contributed by atoms with E-state index in [1.54, 1.807) is 4.90 Å². The predicted octanol–water partition coefficient (Wildman–Crippen LogP) is 0.696. The highest BCUT2D eigenvalue weighted by Crippen LogP contribution is 2.29. The maximum absolute atomic E-state index is 12.7. The van der Waals surface area contributed by atoms with Gasteiger partial charge in [0, 0.05) is 5.02 Å². The maximum Gasteiger partial charge on any atom is 0.275 e. The summed E-state index contributed by atoms with van der Waals surface area (Å²) in [6.07, 6.45) is 3.32. The zero-order valence-electron chi connectivity index (χ0n) is 17.5. The number of nitrogens with one attached hydrogen (secondary N) is 3. The fourth-order valence-electron chi connectivity index (χ4n) is 4.60. The van der Waals surface area contributed by atoms with E-state index in [1.807, 2.05) is 24.3 Å². The topological polar surface area (TPSA) is 47.2 Å². The Morgan fingerprint density at radius 2 is 1.77 bits per heavy atom. The minimum absolute atomic E-state index is 0.179. The van der Waals surface area contributed by atoms with Crippen LogP contribution in [0.2, 0.25) is 5.02 Å². The Morgan fingerprint density at radius 1 is 1.03 bits per heavy atom. The molecule has 1 aliphatic carbocycles. The molecule has 3 N–H and O–H groups in total. The van der Waals surface area contributed by atoms with Gasteiger partial charge in [0.15, 0.2) is 6.54 Å². The molecule has 1 heterocycles. The Bertz CT molecular complexity index is 835. The predicted molar refractivity (Wildman–Crippen MR) is 118 cm³/mol. The second kappa shape index (κ2) is 10.3. The molecule has 2 aromatic rings. The van der Waals surface area contributed by atoms with E-state index in [0.717, 1.165) is 62.8 Å². The van der Waals surface area contributed by atoms with Crippen molar-refractivity contribution in [3.05, 3.63) is 64.7 Å². The van der Waals surface area contributed by atoms with Gasteiger partial charge in [-0.05, 0) is 54.7 Å². The Balaban J connectivity index is 1.16. The minimum atomic E-state index is 0.179. The number of piperazine rings is 1. The van der Waals surface area contributed by atoms with Crippen molar-refractivity contribution in [2.75, 3.05) is 45.9 Å². The summed E-state index contributed by atoms with van der Waals surface area (Å²) in [6, 6.07) is 16.2. The number of carbonyl (C=O) groups is 1. The lowest BCUT2D eigenvalue weighted by atomic mass is 9.88. The van der Waals surface area contributed by atoms with Gasteiger partial charge in [-0.2, -0.15) is 0 Å². The van der Waals surface area contributed by atoms with Crippen LogP contribution in [0.3, 0.4) is 0 Å². The van der Waals surface area contributed by atoms with Crippen LogP contribution in [0.25, 0.3) is 0 Å². The van der Waals surface area contributed by atoms with Gasteiger partial charge in [0.05, 0.1) is 6.04 Å². The molecule has 0 aromatic heterocycles. The zero-order chi connectivity index (χ0) is 20.8. The molecular weight excluding hydrogens is 398 g/mol. The molecule has 0 bridgehead atoms. The summed E-state index contributed by atoms with van der Waals surface area (Å²) < 4.78 is 5.82. The second-order valence-corrected chi connectivity index (χ2v) is 8.88. The average Bonchev–Trinajstić information content (AvgIpc) is 2.77. The smallest absolute Gasteiger partial charge is 0.275 e. The lowest BCUT2D eigenvalue weighted by Gasteiger charge is -2.30. The van der Waals surface area contributed by atoms with E-state index in [0.29, 0.717) is 13.2 Å². The number of hydrogen-bond donors (Lipinski definition) is 3. The van der Waals surface area contributed by atoms with Crippen LogP contribution in [0, 0.1) is 0 Å². The summed E-state index contributed by atoms with van der Waals surface area (Å²) in [5, 5.41) is 4.02. The van der Waals surface area contributed by atoms with Crippen LogP contribution < -0.4 is 19.9 Å². The normalized spacial score (nSPS) is 23.4. The molecule has 2 aromatic carbocycles. The number of quaternary nitrogens is 2. The van der Waals surface area contributed by atoms with Crippen LogP contribution >= 0.6 is 11.6 Å². The monoisotopic (exact) mass is 429 g/mol. The first kappa shape index (κ1) is 21.2. The minimum Gasteiger partial charge on any atom is -0.488 e. The van der Waals surface area contributed by atoms with Crippen LogP contribution in [-0.4, -0.2) is 51.8 Å². The summed E-state index contributed by atoms with van der Waals surface area (Å²) in [6.45, 7) is 6.50. The first-order chi connectivity index (χ1) is 14.7. The summed E-state index contributed by atoms with van der Waals surface area (Å²) in [4.78, 5) is 15.6. The van der Waals surface area contributed by atoms with Crippen LogP contribution in [0.1, 0.15) is 30.0 Å². The fraction of sp³-hybridized carbons (Fsp3) is 0.458.